The van der Waals surface area contributed by atoms with Crippen molar-refractivity contribution in [2.45, 2.75) is 6.42 Å². The Hall–Kier alpha value is -0.930. The van der Waals surface area contributed by atoms with Crippen LogP contribution in [0.25, 0.3) is 0 Å². The zero-order chi connectivity index (χ0) is 14.7. The molecule has 1 unspecified atom stereocenters. The first-order valence-electron chi connectivity index (χ1n) is 6.40. The minimum absolute atomic E-state index is 0. The van der Waals surface area contributed by atoms with Gasteiger partial charge < -0.3 is 10.2 Å². The third kappa shape index (κ3) is 4.27. The van der Waals surface area contributed by atoms with Crippen molar-refractivity contribution >= 4 is 46.6 Å². The van der Waals surface area contributed by atoms with Crippen molar-refractivity contribution < 1.29 is 9.72 Å². The second-order valence-electron chi connectivity index (χ2n) is 4.88. The molecule has 0 spiro atoms. The number of amides is 1. The molecule has 0 aromatic heterocycles. The van der Waals surface area contributed by atoms with Crippen LogP contribution in [0.2, 0.25) is 0 Å². The molecular weight excluding hydrogens is 409 g/mol. The molecule has 1 aromatic rings. The molecule has 1 heterocycles. The highest BCUT2D eigenvalue weighted by Gasteiger charge is 2.27. The van der Waals surface area contributed by atoms with Crippen LogP contribution in [0.1, 0.15) is 16.8 Å². The predicted molar refractivity (Wildman–Crippen MR) is 91.0 cm³/mol. The van der Waals surface area contributed by atoms with Gasteiger partial charge in [0.15, 0.2) is 0 Å². The van der Waals surface area contributed by atoms with Gasteiger partial charge in [-0.2, -0.15) is 0 Å². The molecule has 1 amide bonds. The van der Waals surface area contributed by atoms with Crippen molar-refractivity contribution in [3.05, 3.63) is 37.4 Å². The lowest BCUT2D eigenvalue weighted by Gasteiger charge is -2.17. The average Bonchev–Trinajstić information content (AvgIpc) is 2.87. The Kier molecular flexibility index (Phi) is 6.82. The van der Waals surface area contributed by atoms with E-state index in [-0.39, 0.29) is 24.0 Å². The van der Waals surface area contributed by atoms with Crippen LogP contribution in [-0.2, 0) is 0 Å². The molecule has 0 bridgehead atoms. The van der Waals surface area contributed by atoms with Crippen LogP contribution in [0.15, 0.2) is 18.2 Å². The number of rotatable bonds is 4. The molecule has 1 atom stereocenters. The van der Waals surface area contributed by atoms with Gasteiger partial charge in [-0.25, -0.2) is 0 Å². The molecule has 1 aliphatic heterocycles. The number of non-ortho nitro benzene ring substituents is 1. The summed E-state index contributed by atoms with van der Waals surface area (Å²) in [5, 5.41) is 13.8. The molecule has 1 fully saturated rings. The van der Waals surface area contributed by atoms with Gasteiger partial charge in [0.25, 0.3) is 11.6 Å². The number of carbonyl (C=O) groups excluding carboxylic acids is 1. The van der Waals surface area contributed by atoms with Gasteiger partial charge >= 0.3 is 0 Å². The van der Waals surface area contributed by atoms with Crippen LogP contribution >= 0.6 is 35.0 Å². The predicted octanol–water partition coefficient (Wildman–Crippen LogP) is 2.30. The van der Waals surface area contributed by atoms with Crippen LogP contribution in [0.3, 0.4) is 0 Å². The number of nitrogens with zero attached hydrogens (tertiary/aromatic N) is 2. The van der Waals surface area contributed by atoms with E-state index in [1.807, 2.05) is 34.5 Å². The first kappa shape index (κ1) is 18.1. The molecule has 0 aliphatic carbocycles. The summed E-state index contributed by atoms with van der Waals surface area (Å²) in [6.45, 7) is 2.39. The highest BCUT2D eigenvalue weighted by Crippen LogP contribution is 2.24. The Labute approximate surface area is 143 Å². The van der Waals surface area contributed by atoms with Crippen LogP contribution < -0.4 is 5.32 Å². The molecule has 21 heavy (non-hydrogen) atoms. The van der Waals surface area contributed by atoms with E-state index in [2.05, 4.69) is 5.32 Å². The first-order valence-corrected chi connectivity index (χ1v) is 7.48. The van der Waals surface area contributed by atoms with Gasteiger partial charge in [0.2, 0.25) is 0 Å². The Bertz CT molecular complexity index is 541. The SMILES string of the molecule is CNCC1CCN(C(=O)c2ccc([N+](=O)[O-])cc2I)C1.Cl. The molecular formula is C13H17ClIN3O3. The number of nitro benzene ring substituents is 1. The number of nitro groups is 1. The van der Waals surface area contributed by atoms with Crippen molar-refractivity contribution in [2.75, 3.05) is 26.7 Å². The first-order chi connectivity index (χ1) is 9.52. The van der Waals surface area contributed by atoms with Crippen LogP contribution in [0.4, 0.5) is 5.69 Å². The highest BCUT2D eigenvalue weighted by molar-refractivity contribution is 14.1. The summed E-state index contributed by atoms with van der Waals surface area (Å²) in [4.78, 5) is 24.5. The van der Waals surface area contributed by atoms with Gasteiger partial charge in [-0.1, -0.05) is 0 Å². The Morgan fingerprint density at radius 2 is 2.29 bits per heavy atom. The van der Waals surface area contributed by atoms with E-state index in [0.29, 0.717) is 15.1 Å². The molecule has 1 aliphatic rings. The van der Waals surface area contributed by atoms with E-state index in [4.69, 9.17) is 0 Å². The summed E-state index contributed by atoms with van der Waals surface area (Å²) in [6.07, 6.45) is 0.996. The number of likely N-dealkylation sites (tertiary alicyclic amines) is 1. The number of nitrogens with one attached hydrogen (secondary N) is 1. The smallest absolute Gasteiger partial charge is 0.270 e. The van der Waals surface area contributed by atoms with E-state index in [1.54, 1.807) is 6.07 Å². The zero-order valence-corrected chi connectivity index (χ0v) is 14.5. The van der Waals surface area contributed by atoms with Crippen molar-refractivity contribution in [1.29, 1.82) is 0 Å². The van der Waals surface area contributed by atoms with Gasteiger partial charge in [-0.15, -0.1) is 12.4 Å². The second-order valence-corrected chi connectivity index (χ2v) is 6.05. The number of benzene rings is 1. The van der Waals surface area contributed by atoms with Crippen molar-refractivity contribution in [3.8, 4) is 0 Å². The van der Waals surface area contributed by atoms with E-state index in [9.17, 15) is 14.9 Å². The molecule has 0 saturated carbocycles. The quantitative estimate of drug-likeness (QED) is 0.456. The summed E-state index contributed by atoms with van der Waals surface area (Å²) in [6, 6.07) is 4.37. The standard InChI is InChI=1S/C13H16IN3O3.ClH/c1-15-7-9-4-5-16(8-9)13(18)11-3-2-10(17(19)20)6-12(11)14;/h2-3,6,9,15H,4-5,7-8H2,1H3;1H. The fraction of sp³-hybridized carbons (Fsp3) is 0.462. The number of hydrogen-bond donors (Lipinski definition) is 1. The number of halogens is 2. The molecule has 1 N–H and O–H groups in total. The summed E-state index contributed by atoms with van der Waals surface area (Å²) in [7, 11) is 1.91. The number of carbonyl (C=O) groups is 1. The Morgan fingerprint density at radius 1 is 1.57 bits per heavy atom. The van der Waals surface area contributed by atoms with Crippen LogP contribution in [0, 0.1) is 19.6 Å². The van der Waals surface area contributed by atoms with Crippen LogP contribution in [-0.4, -0.2) is 42.4 Å². The van der Waals surface area contributed by atoms with Gasteiger partial charge in [-0.05, 0) is 54.6 Å². The minimum atomic E-state index is -0.449. The Morgan fingerprint density at radius 3 is 2.86 bits per heavy atom. The molecule has 116 valence electrons. The zero-order valence-electron chi connectivity index (χ0n) is 11.5. The topological polar surface area (TPSA) is 75.5 Å². The summed E-state index contributed by atoms with van der Waals surface area (Å²) in [5.41, 5.74) is 0.557. The molecule has 2 rings (SSSR count). The van der Waals surface area contributed by atoms with Crippen molar-refractivity contribution in [1.82, 2.24) is 10.2 Å². The average molecular weight is 426 g/mol. The van der Waals surface area contributed by atoms with E-state index in [0.717, 1.165) is 26.1 Å². The van der Waals surface area contributed by atoms with Gasteiger partial charge in [-0.3, -0.25) is 14.9 Å². The third-order valence-electron chi connectivity index (χ3n) is 3.46. The van der Waals surface area contributed by atoms with E-state index < -0.39 is 4.92 Å². The lowest BCUT2D eigenvalue weighted by Crippen LogP contribution is -2.30. The number of hydrogen-bond acceptors (Lipinski definition) is 4. The third-order valence-corrected chi connectivity index (χ3v) is 4.35. The maximum atomic E-state index is 12.4. The summed E-state index contributed by atoms with van der Waals surface area (Å²) >= 11 is 1.98. The fourth-order valence-electron chi connectivity index (χ4n) is 2.43. The molecule has 6 nitrogen and oxygen atoms in total. The van der Waals surface area contributed by atoms with Crippen LogP contribution in [0.5, 0.6) is 0 Å². The minimum Gasteiger partial charge on any atom is -0.338 e. The largest absolute Gasteiger partial charge is 0.338 e. The summed E-state index contributed by atoms with van der Waals surface area (Å²) < 4.78 is 0.624. The lowest BCUT2D eigenvalue weighted by molar-refractivity contribution is -0.384. The van der Waals surface area contributed by atoms with Crippen molar-refractivity contribution in [3.63, 3.8) is 0 Å². The van der Waals surface area contributed by atoms with Gasteiger partial charge in [0, 0.05) is 28.8 Å². The molecule has 8 heteroatoms. The second kappa shape index (κ2) is 7.90. The maximum absolute atomic E-state index is 12.4. The van der Waals surface area contributed by atoms with E-state index in [1.165, 1.54) is 12.1 Å². The normalized spacial score (nSPS) is 17.4. The van der Waals surface area contributed by atoms with Gasteiger partial charge in [0.1, 0.15) is 0 Å². The van der Waals surface area contributed by atoms with Gasteiger partial charge in [0.05, 0.1) is 10.5 Å². The maximum Gasteiger partial charge on any atom is 0.270 e. The Balaban J connectivity index is 0.00000220. The molecule has 1 saturated heterocycles. The lowest BCUT2D eigenvalue weighted by atomic mass is 10.1. The monoisotopic (exact) mass is 425 g/mol. The summed E-state index contributed by atoms with van der Waals surface area (Å²) in [5.74, 6) is 0.447. The fourth-order valence-corrected chi connectivity index (χ4v) is 3.16. The molecule has 1 aromatic carbocycles. The molecule has 0 radical (unpaired) electrons. The highest BCUT2D eigenvalue weighted by atomic mass is 127. The van der Waals surface area contributed by atoms with Crippen molar-refractivity contribution in [2.24, 2.45) is 5.92 Å². The van der Waals surface area contributed by atoms with E-state index >= 15 is 0 Å².